The van der Waals surface area contributed by atoms with E-state index >= 15 is 0 Å². The molecule has 0 aliphatic rings. The molecule has 0 aliphatic heterocycles. The molecule has 0 fully saturated rings. The highest BCUT2D eigenvalue weighted by Gasteiger charge is 2.11. The van der Waals surface area contributed by atoms with Crippen LogP contribution in [-0.4, -0.2) is 44.2 Å². The lowest BCUT2D eigenvalue weighted by atomic mass is 10.2. The van der Waals surface area contributed by atoms with Gasteiger partial charge in [-0.25, -0.2) is 9.97 Å². The second-order valence-corrected chi connectivity index (χ2v) is 5.90. The van der Waals surface area contributed by atoms with Crippen LogP contribution in [0.3, 0.4) is 0 Å². The van der Waals surface area contributed by atoms with Gasteiger partial charge in [0.05, 0.1) is 31.3 Å². The number of methoxy groups -OCH3 is 2. The van der Waals surface area contributed by atoms with Gasteiger partial charge in [0.1, 0.15) is 0 Å². The topological polar surface area (TPSA) is 76.6 Å². The average Bonchev–Trinajstić information content (AvgIpc) is 2.62. The molecule has 7 heteroatoms. The van der Waals surface area contributed by atoms with Crippen LogP contribution in [0.1, 0.15) is 17.0 Å². The van der Waals surface area contributed by atoms with Gasteiger partial charge < -0.3 is 19.7 Å². The first-order valence-corrected chi connectivity index (χ1v) is 8.09. The number of nitrogens with one attached hydrogen (secondary N) is 1. The summed E-state index contributed by atoms with van der Waals surface area (Å²) >= 11 is 0. The van der Waals surface area contributed by atoms with E-state index in [1.165, 1.54) is 6.08 Å². The number of anilines is 2. The Kier molecular flexibility index (Phi) is 6.16. The Morgan fingerprint density at radius 2 is 1.69 bits per heavy atom. The molecule has 2 rings (SSSR count). The molecule has 138 valence electrons. The molecule has 0 aliphatic carbocycles. The lowest BCUT2D eigenvalue weighted by molar-refractivity contribution is -0.111. The third-order valence-electron chi connectivity index (χ3n) is 3.74. The van der Waals surface area contributed by atoms with Crippen LogP contribution in [-0.2, 0) is 4.79 Å². The smallest absolute Gasteiger partial charge is 0.248 e. The molecular weight excluding hydrogens is 332 g/mol. The van der Waals surface area contributed by atoms with Crippen LogP contribution in [0.5, 0.6) is 11.5 Å². The van der Waals surface area contributed by atoms with E-state index in [0.29, 0.717) is 34.5 Å². The van der Waals surface area contributed by atoms with Crippen molar-refractivity contribution in [1.82, 2.24) is 9.97 Å². The summed E-state index contributed by atoms with van der Waals surface area (Å²) in [5, 5.41) is 2.84. The monoisotopic (exact) mass is 356 g/mol. The van der Waals surface area contributed by atoms with Gasteiger partial charge in [-0.2, -0.15) is 0 Å². The van der Waals surface area contributed by atoms with Crippen LogP contribution in [0.25, 0.3) is 6.08 Å². The van der Waals surface area contributed by atoms with Gasteiger partial charge >= 0.3 is 0 Å². The van der Waals surface area contributed by atoms with Gasteiger partial charge in [0, 0.05) is 20.2 Å². The molecule has 1 aromatic heterocycles. The number of hydrogen-bond donors (Lipinski definition) is 1. The summed E-state index contributed by atoms with van der Waals surface area (Å²) in [6.07, 6.45) is 3.16. The summed E-state index contributed by atoms with van der Waals surface area (Å²) in [6, 6.07) is 5.43. The number of carbonyl (C=O) groups is 1. The molecule has 0 atom stereocenters. The number of amides is 1. The number of hydrogen-bond acceptors (Lipinski definition) is 6. The number of rotatable bonds is 6. The first kappa shape index (κ1) is 19.2. The Morgan fingerprint density at radius 1 is 1.08 bits per heavy atom. The summed E-state index contributed by atoms with van der Waals surface area (Å²) in [5.74, 6) is 1.60. The van der Waals surface area contributed by atoms with E-state index < -0.39 is 0 Å². The van der Waals surface area contributed by atoms with E-state index in [4.69, 9.17) is 9.47 Å². The minimum atomic E-state index is -0.257. The molecular formula is C19H24N4O3. The van der Waals surface area contributed by atoms with Gasteiger partial charge in [-0.3, -0.25) is 4.79 Å². The van der Waals surface area contributed by atoms with Gasteiger partial charge in [0.15, 0.2) is 11.5 Å². The van der Waals surface area contributed by atoms with Crippen LogP contribution in [0.4, 0.5) is 11.6 Å². The molecule has 1 aromatic carbocycles. The van der Waals surface area contributed by atoms with Gasteiger partial charge in [-0.05, 0) is 37.6 Å². The summed E-state index contributed by atoms with van der Waals surface area (Å²) in [4.78, 5) is 22.9. The Bertz CT molecular complexity index is 809. The zero-order chi connectivity index (χ0) is 19.3. The van der Waals surface area contributed by atoms with Gasteiger partial charge in [0.25, 0.3) is 0 Å². The maximum atomic E-state index is 12.3. The maximum Gasteiger partial charge on any atom is 0.248 e. The predicted octanol–water partition coefficient (Wildman–Crippen LogP) is 2.83. The quantitative estimate of drug-likeness (QED) is 0.802. The highest BCUT2D eigenvalue weighted by molar-refractivity contribution is 6.02. The van der Waals surface area contributed by atoms with Crippen molar-refractivity contribution in [3.8, 4) is 11.5 Å². The Labute approximate surface area is 153 Å². The molecule has 26 heavy (non-hydrogen) atoms. The van der Waals surface area contributed by atoms with Crippen molar-refractivity contribution < 1.29 is 14.3 Å². The molecule has 1 amide bonds. The number of carbonyl (C=O) groups excluding carboxylic acids is 1. The number of benzene rings is 1. The molecule has 2 aromatic rings. The summed E-state index contributed by atoms with van der Waals surface area (Å²) in [7, 11) is 6.90. The molecule has 1 N–H and O–H groups in total. The van der Waals surface area contributed by atoms with Crippen LogP contribution in [0.2, 0.25) is 0 Å². The van der Waals surface area contributed by atoms with Crippen molar-refractivity contribution in [3.63, 3.8) is 0 Å². The minimum Gasteiger partial charge on any atom is -0.493 e. The average molecular weight is 356 g/mol. The third kappa shape index (κ3) is 4.50. The number of aromatic nitrogens is 2. The largest absolute Gasteiger partial charge is 0.493 e. The lowest BCUT2D eigenvalue weighted by Gasteiger charge is -2.15. The molecule has 7 nitrogen and oxygen atoms in total. The summed E-state index contributed by atoms with van der Waals surface area (Å²) in [5.41, 5.74) is 2.88. The fraction of sp³-hybridized carbons (Fsp3) is 0.316. The van der Waals surface area contributed by atoms with Crippen molar-refractivity contribution in [3.05, 3.63) is 41.2 Å². The molecule has 1 heterocycles. The highest BCUT2D eigenvalue weighted by atomic mass is 16.5. The minimum absolute atomic E-state index is 0.257. The number of ether oxygens (including phenoxy) is 2. The molecule has 0 radical (unpaired) electrons. The van der Waals surface area contributed by atoms with Crippen molar-refractivity contribution in [2.75, 3.05) is 38.5 Å². The van der Waals surface area contributed by atoms with Crippen LogP contribution in [0, 0.1) is 13.8 Å². The van der Waals surface area contributed by atoms with E-state index in [1.54, 1.807) is 32.4 Å². The number of nitrogens with zero attached hydrogens (tertiary/aromatic N) is 3. The van der Waals surface area contributed by atoms with E-state index in [-0.39, 0.29) is 5.91 Å². The third-order valence-corrected chi connectivity index (χ3v) is 3.74. The Balaban J connectivity index is 2.15. The zero-order valence-corrected chi connectivity index (χ0v) is 16.0. The van der Waals surface area contributed by atoms with Crippen molar-refractivity contribution >= 4 is 23.6 Å². The molecule has 0 bridgehead atoms. The maximum absolute atomic E-state index is 12.3. The first-order valence-electron chi connectivity index (χ1n) is 8.09. The molecule has 0 saturated carbocycles. The predicted molar refractivity (Wildman–Crippen MR) is 103 cm³/mol. The van der Waals surface area contributed by atoms with Gasteiger partial charge in [-0.15, -0.1) is 0 Å². The lowest BCUT2D eigenvalue weighted by Crippen LogP contribution is -2.17. The second-order valence-electron chi connectivity index (χ2n) is 5.90. The van der Waals surface area contributed by atoms with Crippen LogP contribution >= 0.6 is 0 Å². The standard InChI is InChI=1S/C19H24N4O3/c1-12-18(13(2)21-19(20-12)23(3)4)22-17(24)10-8-14-7-9-15(25-5)16(11-14)26-6/h7-11H,1-6H3,(H,22,24)/b10-8+. The van der Waals surface area contributed by atoms with Crippen molar-refractivity contribution in [2.45, 2.75) is 13.8 Å². The Morgan fingerprint density at radius 3 is 2.23 bits per heavy atom. The second kappa shape index (κ2) is 8.33. The fourth-order valence-electron chi connectivity index (χ4n) is 2.37. The van der Waals surface area contributed by atoms with Crippen molar-refractivity contribution in [1.29, 1.82) is 0 Å². The van der Waals surface area contributed by atoms with Crippen LogP contribution < -0.4 is 19.7 Å². The van der Waals surface area contributed by atoms with Crippen LogP contribution in [0.15, 0.2) is 24.3 Å². The fourth-order valence-corrected chi connectivity index (χ4v) is 2.37. The normalized spacial score (nSPS) is 10.7. The summed E-state index contributed by atoms with van der Waals surface area (Å²) < 4.78 is 10.5. The number of aryl methyl sites for hydroxylation is 2. The van der Waals surface area contributed by atoms with Crippen molar-refractivity contribution in [2.24, 2.45) is 0 Å². The van der Waals surface area contributed by atoms with Gasteiger partial charge in [-0.1, -0.05) is 6.07 Å². The summed E-state index contributed by atoms with van der Waals surface area (Å²) in [6.45, 7) is 3.69. The SMILES string of the molecule is COc1ccc(/C=C/C(=O)Nc2c(C)nc(N(C)C)nc2C)cc1OC. The van der Waals surface area contributed by atoms with E-state index in [1.807, 2.05) is 38.9 Å². The zero-order valence-electron chi connectivity index (χ0n) is 16.0. The van der Waals surface area contributed by atoms with E-state index in [2.05, 4.69) is 15.3 Å². The van der Waals surface area contributed by atoms with E-state index in [0.717, 1.165) is 5.56 Å². The van der Waals surface area contributed by atoms with Gasteiger partial charge in [0.2, 0.25) is 11.9 Å². The Hall–Kier alpha value is -3.09. The molecule has 0 unspecified atom stereocenters. The molecule has 0 saturated heterocycles. The van der Waals surface area contributed by atoms with E-state index in [9.17, 15) is 4.79 Å². The highest BCUT2D eigenvalue weighted by Crippen LogP contribution is 2.28. The molecule has 0 spiro atoms. The first-order chi connectivity index (χ1) is 12.3.